The quantitative estimate of drug-likeness (QED) is 0.229. The summed E-state index contributed by atoms with van der Waals surface area (Å²) in [5.41, 5.74) is 12.6. The Kier molecular flexibility index (Phi) is 6.74. The Bertz CT molecular complexity index is 1580. The van der Waals surface area contributed by atoms with E-state index in [0.29, 0.717) is 0 Å². The third-order valence-corrected chi connectivity index (χ3v) is 7.34. The van der Waals surface area contributed by atoms with Crippen LogP contribution in [0.2, 0.25) is 0 Å². The van der Waals surface area contributed by atoms with Gasteiger partial charge in [-0.2, -0.15) is 0 Å². The van der Waals surface area contributed by atoms with E-state index in [1.165, 1.54) is 56.0 Å². The van der Waals surface area contributed by atoms with Crippen molar-refractivity contribution in [3.8, 4) is 22.3 Å². The second-order valence-electron chi connectivity index (χ2n) is 9.83. The molecule has 0 atom stereocenters. The van der Waals surface area contributed by atoms with E-state index in [4.69, 9.17) is 0 Å². The van der Waals surface area contributed by atoms with E-state index in [0.717, 1.165) is 12.8 Å². The lowest BCUT2D eigenvalue weighted by Gasteiger charge is -2.31. The third-order valence-electron chi connectivity index (χ3n) is 7.34. The van der Waals surface area contributed by atoms with Crippen molar-refractivity contribution in [2.75, 3.05) is 4.90 Å². The molecule has 0 radical (unpaired) electrons. The van der Waals surface area contributed by atoms with E-state index >= 15 is 0 Å². The second-order valence-corrected chi connectivity index (χ2v) is 9.83. The highest BCUT2D eigenvalue weighted by Crippen LogP contribution is 2.39. The molecule has 1 heteroatoms. The number of anilines is 2. The van der Waals surface area contributed by atoms with Crippen molar-refractivity contribution < 1.29 is 0 Å². The largest absolute Gasteiger partial charge is 0.314 e. The van der Waals surface area contributed by atoms with Crippen molar-refractivity contribution in [3.05, 3.63) is 162 Å². The highest BCUT2D eigenvalue weighted by molar-refractivity contribution is 5.78. The fourth-order valence-electron chi connectivity index (χ4n) is 5.32. The fourth-order valence-corrected chi connectivity index (χ4v) is 5.32. The number of allylic oxidation sites excluding steroid dienone is 4. The maximum absolute atomic E-state index is 2.44. The average Bonchev–Trinajstić information content (AvgIpc) is 3.00. The number of benzene rings is 5. The summed E-state index contributed by atoms with van der Waals surface area (Å²) in [5, 5.41) is 0. The summed E-state index contributed by atoms with van der Waals surface area (Å²) in [7, 11) is 0. The van der Waals surface area contributed by atoms with Crippen LogP contribution >= 0.6 is 0 Å². The molecule has 0 heterocycles. The normalized spacial score (nSPS) is 13.0. The molecule has 0 saturated heterocycles. The van der Waals surface area contributed by atoms with Gasteiger partial charge in [-0.25, -0.2) is 0 Å². The van der Waals surface area contributed by atoms with Crippen LogP contribution in [-0.2, 0) is 0 Å². The maximum Gasteiger partial charge on any atom is 0.0487 e. The Balaban J connectivity index is 1.40. The number of hydrogen-bond acceptors (Lipinski definition) is 1. The Morgan fingerprint density at radius 3 is 1.55 bits per heavy atom. The Morgan fingerprint density at radius 1 is 0.474 bits per heavy atom. The minimum absolute atomic E-state index is 0.987. The number of nitrogens with zero attached hydrogens (tertiary/aromatic N) is 1. The van der Waals surface area contributed by atoms with Gasteiger partial charge in [0.2, 0.25) is 0 Å². The zero-order valence-corrected chi connectivity index (χ0v) is 21.7. The standard InChI is InChI=1S/C37H31N/c1-28-27-34(31-15-9-4-10-16-31)21-26-37(28)38(35-22-17-32(18-23-35)29-11-5-2-6-12-29)36-24-19-33(20-25-36)30-13-7-3-8-14-30/h2-19,21-24,26-27H,20,25H2,1H3. The summed E-state index contributed by atoms with van der Waals surface area (Å²) < 4.78 is 0. The Morgan fingerprint density at radius 2 is 1.00 bits per heavy atom. The molecule has 6 rings (SSSR count). The Hall–Kier alpha value is -4.62. The molecular formula is C37H31N. The van der Waals surface area contributed by atoms with Gasteiger partial charge in [-0.3, -0.25) is 0 Å². The van der Waals surface area contributed by atoms with Crippen molar-refractivity contribution in [3.63, 3.8) is 0 Å². The van der Waals surface area contributed by atoms with Crippen LogP contribution in [-0.4, -0.2) is 0 Å². The topological polar surface area (TPSA) is 3.24 Å². The van der Waals surface area contributed by atoms with Crippen molar-refractivity contribution in [1.29, 1.82) is 0 Å². The zero-order valence-electron chi connectivity index (χ0n) is 21.7. The monoisotopic (exact) mass is 489 g/mol. The van der Waals surface area contributed by atoms with Gasteiger partial charge in [-0.05, 0) is 89.1 Å². The minimum Gasteiger partial charge on any atom is -0.314 e. The molecule has 1 aliphatic rings. The summed E-state index contributed by atoms with van der Waals surface area (Å²) in [6.07, 6.45) is 6.62. The summed E-state index contributed by atoms with van der Waals surface area (Å²) >= 11 is 0. The van der Waals surface area contributed by atoms with Crippen LogP contribution in [0.4, 0.5) is 11.4 Å². The first kappa shape index (κ1) is 23.8. The van der Waals surface area contributed by atoms with Gasteiger partial charge in [0, 0.05) is 17.1 Å². The molecule has 0 fully saturated rings. The SMILES string of the molecule is Cc1cc(-c2ccccc2)ccc1N(C1=CC=C(c2ccccc2)CC1)c1ccc(-c2ccccc2)cc1. The van der Waals surface area contributed by atoms with Crippen LogP contribution in [0, 0.1) is 6.92 Å². The predicted molar refractivity (Wildman–Crippen MR) is 162 cm³/mol. The number of aryl methyl sites for hydroxylation is 1. The molecular weight excluding hydrogens is 458 g/mol. The van der Waals surface area contributed by atoms with Crippen LogP contribution in [0.3, 0.4) is 0 Å². The fraction of sp³-hybridized carbons (Fsp3) is 0.0811. The lowest BCUT2D eigenvalue weighted by molar-refractivity contribution is 0.927. The van der Waals surface area contributed by atoms with Crippen molar-refractivity contribution in [2.24, 2.45) is 0 Å². The molecule has 0 aromatic heterocycles. The molecule has 184 valence electrons. The number of rotatable bonds is 6. The maximum atomic E-state index is 2.44. The van der Waals surface area contributed by atoms with Gasteiger partial charge in [0.25, 0.3) is 0 Å². The molecule has 0 unspecified atom stereocenters. The van der Waals surface area contributed by atoms with Crippen LogP contribution in [0.25, 0.3) is 27.8 Å². The van der Waals surface area contributed by atoms with Crippen molar-refractivity contribution in [1.82, 2.24) is 0 Å². The van der Waals surface area contributed by atoms with Gasteiger partial charge in [0.05, 0.1) is 0 Å². The molecule has 5 aromatic carbocycles. The molecule has 0 N–H and O–H groups in total. The van der Waals surface area contributed by atoms with E-state index < -0.39 is 0 Å². The molecule has 0 aliphatic heterocycles. The zero-order chi connectivity index (χ0) is 25.7. The molecule has 1 aliphatic carbocycles. The lowest BCUT2D eigenvalue weighted by Crippen LogP contribution is -2.19. The van der Waals surface area contributed by atoms with Gasteiger partial charge < -0.3 is 4.90 Å². The van der Waals surface area contributed by atoms with Crippen LogP contribution in [0.15, 0.2) is 151 Å². The van der Waals surface area contributed by atoms with E-state index in [1.54, 1.807) is 0 Å². The van der Waals surface area contributed by atoms with E-state index in [1.807, 2.05) is 0 Å². The van der Waals surface area contributed by atoms with Crippen LogP contribution in [0.1, 0.15) is 24.0 Å². The van der Waals surface area contributed by atoms with E-state index in [-0.39, 0.29) is 0 Å². The highest BCUT2D eigenvalue weighted by Gasteiger charge is 2.20. The summed E-state index contributed by atoms with van der Waals surface area (Å²) in [4.78, 5) is 2.44. The molecule has 5 aromatic rings. The first-order valence-electron chi connectivity index (χ1n) is 13.3. The molecule has 0 saturated carbocycles. The third kappa shape index (κ3) is 4.96. The van der Waals surface area contributed by atoms with Gasteiger partial charge in [0.1, 0.15) is 0 Å². The van der Waals surface area contributed by atoms with Crippen molar-refractivity contribution in [2.45, 2.75) is 19.8 Å². The highest BCUT2D eigenvalue weighted by atomic mass is 15.1. The van der Waals surface area contributed by atoms with Gasteiger partial charge in [-0.15, -0.1) is 0 Å². The summed E-state index contributed by atoms with van der Waals surface area (Å²) in [6, 6.07) is 47.7. The first-order valence-corrected chi connectivity index (χ1v) is 13.3. The van der Waals surface area contributed by atoms with Gasteiger partial charge >= 0.3 is 0 Å². The van der Waals surface area contributed by atoms with Gasteiger partial charge in [0.15, 0.2) is 0 Å². The number of hydrogen-bond donors (Lipinski definition) is 0. The van der Waals surface area contributed by atoms with Gasteiger partial charge in [-0.1, -0.05) is 115 Å². The van der Waals surface area contributed by atoms with E-state index in [9.17, 15) is 0 Å². The molecule has 0 bridgehead atoms. The average molecular weight is 490 g/mol. The van der Waals surface area contributed by atoms with E-state index in [2.05, 4.69) is 157 Å². The summed E-state index contributed by atoms with van der Waals surface area (Å²) in [6.45, 7) is 2.22. The minimum atomic E-state index is 0.987. The predicted octanol–water partition coefficient (Wildman–Crippen LogP) is 10.2. The van der Waals surface area contributed by atoms with Crippen molar-refractivity contribution >= 4 is 16.9 Å². The Labute approximate surface area is 226 Å². The first-order chi connectivity index (χ1) is 18.8. The molecule has 38 heavy (non-hydrogen) atoms. The second kappa shape index (κ2) is 10.8. The molecule has 0 amide bonds. The summed E-state index contributed by atoms with van der Waals surface area (Å²) in [5.74, 6) is 0. The van der Waals surface area contributed by atoms with Crippen LogP contribution < -0.4 is 4.90 Å². The molecule has 1 nitrogen and oxygen atoms in total. The van der Waals surface area contributed by atoms with Crippen LogP contribution in [0.5, 0.6) is 0 Å². The lowest BCUT2D eigenvalue weighted by atomic mass is 9.94. The molecule has 0 spiro atoms. The smallest absolute Gasteiger partial charge is 0.0487 e.